The zero-order valence-electron chi connectivity index (χ0n) is 16.8. The number of hydrogen-bond acceptors (Lipinski definition) is 6. The summed E-state index contributed by atoms with van der Waals surface area (Å²) in [5, 5.41) is 19.6. The van der Waals surface area contributed by atoms with Crippen LogP contribution in [0.1, 0.15) is 11.1 Å². The molecule has 0 aliphatic carbocycles. The molecule has 1 aliphatic heterocycles. The van der Waals surface area contributed by atoms with Crippen LogP contribution in [0.2, 0.25) is 0 Å². The predicted octanol–water partition coefficient (Wildman–Crippen LogP) is 2.34. The molecule has 160 valence electrons. The molecule has 1 saturated heterocycles. The van der Waals surface area contributed by atoms with Gasteiger partial charge in [-0.25, -0.2) is 4.79 Å². The van der Waals surface area contributed by atoms with Crippen molar-refractivity contribution in [3.8, 4) is 0 Å². The van der Waals surface area contributed by atoms with Crippen LogP contribution < -0.4 is 16.0 Å². The van der Waals surface area contributed by atoms with Crippen molar-refractivity contribution >= 4 is 17.4 Å². The zero-order valence-corrected chi connectivity index (χ0v) is 16.8. The molecular weight excluding hydrogens is 386 g/mol. The summed E-state index contributed by atoms with van der Waals surface area (Å²) in [6.07, 6.45) is 0. The Labute approximate surface area is 175 Å². The highest BCUT2D eigenvalue weighted by Gasteiger charge is 2.13. The fourth-order valence-electron chi connectivity index (χ4n) is 3.28. The van der Waals surface area contributed by atoms with Gasteiger partial charge in [-0.05, 0) is 17.2 Å². The number of anilines is 1. The number of nitro groups is 1. The maximum absolute atomic E-state index is 12.1. The van der Waals surface area contributed by atoms with Crippen molar-refractivity contribution in [3.63, 3.8) is 0 Å². The Morgan fingerprint density at radius 2 is 1.70 bits per heavy atom. The van der Waals surface area contributed by atoms with Gasteiger partial charge in [-0.3, -0.25) is 15.0 Å². The topological polar surface area (TPSA) is 109 Å². The number of ether oxygens (including phenoxy) is 1. The lowest BCUT2D eigenvalue weighted by Crippen LogP contribution is -2.38. The van der Waals surface area contributed by atoms with Gasteiger partial charge in [-0.2, -0.15) is 0 Å². The highest BCUT2D eigenvalue weighted by atomic mass is 16.6. The number of hydrogen-bond donors (Lipinski definition) is 3. The van der Waals surface area contributed by atoms with E-state index in [-0.39, 0.29) is 11.7 Å². The minimum Gasteiger partial charge on any atom is -0.379 e. The zero-order chi connectivity index (χ0) is 21.2. The third kappa shape index (κ3) is 6.43. The van der Waals surface area contributed by atoms with Crippen molar-refractivity contribution in [2.75, 3.05) is 44.7 Å². The van der Waals surface area contributed by atoms with Crippen molar-refractivity contribution in [2.24, 2.45) is 0 Å². The number of urea groups is 1. The van der Waals surface area contributed by atoms with Crippen molar-refractivity contribution in [1.82, 2.24) is 15.5 Å². The third-order valence-corrected chi connectivity index (χ3v) is 4.88. The second-order valence-corrected chi connectivity index (χ2v) is 6.97. The number of carbonyl (C=O) groups excluding carboxylic acids is 1. The molecule has 2 aromatic rings. The van der Waals surface area contributed by atoms with E-state index in [4.69, 9.17) is 4.74 Å². The van der Waals surface area contributed by atoms with Crippen LogP contribution >= 0.6 is 0 Å². The molecule has 1 fully saturated rings. The molecule has 0 aromatic heterocycles. The fraction of sp³-hybridized carbons (Fsp3) is 0.381. The summed E-state index contributed by atoms with van der Waals surface area (Å²) >= 11 is 0. The number of nitrogens with zero attached hydrogens (tertiary/aromatic N) is 2. The molecule has 0 bridgehead atoms. The van der Waals surface area contributed by atoms with Gasteiger partial charge in [-0.15, -0.1) is 0 Å². The number of amides is 2. The van der Waals surface area contributed by atoms with Gasteiger partial charge in [0.05, 0.1) is 18.1 Å². The predicted molar refractivity (Wildman–Crippen MR) is 114 cm³/mol. The first kappa shape index (κ1) is 21.5. The molecule has 0 radical (unpaired) electrons. The number of nitro benzene ring substituents is 1. The number of carbonyl (C=O) groups is 1. The van der Waals surface area contributed by atoms with Crippen LogP contribution in [-0.2, 0) is 17.8 Å². The van der Waals surface area contributed by atoms with E-state index >= 15 is 0 Å². The molecule has 30 heavy (non-hydrogen) atoms. The van der Waals surface area contributed by atoms with E-state index < -0.39 is 4.92 Å². The summed E-state index contributed by atoms with van der Waals surface area (Å²) < 4.78 is 5.39. The van der Waals surface area contributed by atoms with E-state index in [0.29, 0.717) is 25.3 Å². The lowest BCUT2D eigenvalue weighted by molar-refractivity contribution is -0.384. The largest absolute Gasteiger partial charge is 0.379 e. The van der Waals surface area contributed by atoms with Gasteiger partial charge in [0.15, 0.2) is 0 Å². The fourth-order valence-corrected chi connectivity index (χ4v) is 3.28. The molecule has 0 spiro atoms. The first-order chi connectivity index (χ1) is 14.6. The Hall–Kier alpha value is -3.17. The number of morpholine rings is 1. The van der Waals surface area contributed by atoms with E-state index in [1.807, 2.05) is 18.2 Å². The van der Waals surface area contributed by atoms with Gasteiger partial charge >= 0.3 is 6.03 Å². The second kappa shape index (κ2) is 11.1. The first-order valence-corrected chi connectivity index (χ1v) is 9.99. The Morgan fingerprint density at radius 3 is 2.47 bits per heavy atom. The summed E-state index contributed by atoms with van der Waals surface area (Å²) in [6, 6.07) is 14.2. The average molecular weight is 413 g/mol. The lowest BCUT2D eigenvalue weighted by Gasteiger charge is -2.27. The normalized spacial score (nSPS) is 14.1. The molecule has 2 amide bonds. The van der Waals surface area contributed by atoms with Crippen molar-refractivity contribution < 1.29 is 14.5 Å². The van der Waals surface area contributed by atoms with Crippen molar-refractivity contribution in [2.45, 2.75) is 13.1 Å². The van der Waals surface area contributed by atoms with E-state index in [0.717, 1.165) is 38.4 Å². The standard InChI is InChI=1S/C21H27N5O4/c27-21(23-10-9-22-19-7-3-4-8-20(19)26(28)29)24-15-17-5-1-2-6-18(17)16-25-11-13-30-14-12-25/h1-8,22H,9-16H2,(H2,23,24,27). The Balaban J connectivity index is 1.41. The number of para-hydroxylation sites is 2. The Morgan fingerprint density at radius 1 is 1.00 bits per heavy atom. The molecule has 9 nitrogen and oxygen atoms in total. The molecule has 2 aromatic carbocycles. The van der Waals surface area contributed by atoms with Crippen molar-refractivity contribution in [1.29, 1.82) is 0 Å². The van der Waals surface area contributed by atoms with Gasteiger partial charge in [0.1, 0.15) is 5.69 Å². The highest BCUT2D eigenvalue weighted by molar-refractivity contribution is 5.74. The van der Waals surface area contributed by atoms with Gasteiger partial charge in [-0.1, -0.05) is 36.4 Å². The minimum atomic E-state index is -0.434. The van der Waals surface area contributed by atoms with E-state index in [2.05, 4.69) is 26.9 Å². The average Bonchev–Trinajstić information content (AvgIpc) is 2.77. The van der Waals surface area contributed by atoms with Gasteiger partial charge in [0, 0.05) is 45.3 Å². The number of rotatable bonds is 9. The molecule has 3 N–H and O–H groups in total. The molecule has 0 saturated carbocycles. The van der Waals surface area contributed by atoms with Crippen LogP contribution in [0, 0.1) is 10.1 Å². The minimum absolute atomic E-state index is 0.0128. The quantitative estimate of drug-likeness (QED) is 0.331. The smallest absolute Gasteiger partial charge is 0.315 e. The molecule has 1 aliphatic rings. The van der Waals surface area contributed by atoms with Gasteiger partial charge in [0.2, 0.25) is 0 Å². The summed E-state index contributed by atoms with van der Waals surface area (Å²) in [4.78, 5) is 25.0. The van der Waals surface area contributed by atoms with E-state index in [1.54, 1.807) is 18.2 Å². The molecule has 1 heterocycles. The van der Waals surface area contributed by atoms with Crippen molar-refractivity contribution in [3.05, 3.63) is 69.8 Å². The Bertz CT molecular complexity index is 855. The van der Waals surface area contributed by atoms with Crippen LogP contribution in [0.25, 0.3) is 0 Å². The monoisotopic (exact) mass is 413 g/mol. The van der Waals surface area contributed by atoms with Crippen LogP contribution in [-0.4, -0.2) is 55.2 Å². The lowest BCUT2D eigenvalue weighted by atomic mass is 10.1. The molecule has 3 rings (SSSR count). The van der Waals surface area contributed by atoms with Crippen LogP contribution in [0.15, 0.2) is 48.5 Å². The summed E-state index contributed by atoms with van der Waals surface area (Å²) in [5.41, 5.74) is 2.72. The molecule has 0 unspecified atom stereocenters. The maximum atomic E-state index is 12.1. The van der Waals surface area contributed by atoms with Crippen LogP contribution in [0.3, 0.4) is 0 Å². The summed E-state index contributed by atoms with van der Waals surface area (Å²) in [5.74, 6) is 0. The Kier molecular flexibility index (Phi) is 7.99. The van der Waals surface area contributed by atoms with Gasteiger partial charge in [0.25, 0.3) is 5.69 Å². The van der Waals surface area contributed by atoms with E-state index in [1.165, 1.54) is 11.6 Å². The number of nitrogens with one attached hydrogen (secondary N) is 3. The first-order valence-electron chi connectivity index (χ1n) is 9.99. The highest BCUT2D eigenvalue weighted by Crippen LogP contribution is 2.22. The summed E-state index contributed by atoms with van der Waals surface area (Å²) in [6.45, 7) is 5.32. The molecule has 0 atom stereocenters. The summed E-state index contributed by atoms with van der Waals surface area (Å²) in [7, 11) is 0. The van der Waals surface area contributed by atoms with Gasteiger partial charge < -0.3 is 20.7 Å². The van der Waals surface area contributed by atoms with E-state index in [9.17, 15) is 14.9 Å². The SMILES string of the molecule is O=C(NCCNc1ccccc1[N+](=O)[O-])NCc1ccccc1CN1CCOCC1. The van der Waals surface area contributed by atoms with Crippen LogP contribution in [0.5, 0.6) is 0 Å². The van der Waals surface area contributed by atoms with Crippen LogP contribution in [0.4, 0.5) is 16.2 Å². The molecular formula is C21H27N5O4. The maximum Gasteiger partial charge on any atom is 0.315 e. The second-order valence-electron chi connectivity index (χ2n) is 6.97. The third-order valence-electron chi connectivity index (χ3n) is 4.88. The number of benzene rings is 2. The molecule has 9 heteroatoms.